The molecule has 0 saturated carbocycles. The van der Waals surface area contributed by atoms with Gasteiger partial charge in [0.25, 0.3) is 0 Å². The van der Waals surface area contributed by atoms with Crippen molar-refractivity contribution in [1.82, 2.24) is 4.90 Å². The minimum absolute atomic E-state index is 0.148. The molecule has 0 radical (unpaired) electrons. The van der Waals surface area contributed by atoms with Gasteiger partial charge in [0.2, 0.25) is 0 Å². The Labute approximate surface area is 97.3 Å². The molecule has 0 spiro atoms. The number of rotatable bonds is 3. The van der Waals surface area contributed by atoms with Crippen LogP contribution >= 0.6 is 0 Å². The van der Waals surface area contributed by atoms with E-state index < -0.39 is 0 Å². The van der Waals surface area contributed by atoms with Crippen LogP contribution in [0.3, 0.4) is 0 Å². The lowest BCUT2D eigenvalue weighted by Crippen LogP contribution is -2.32. The van der Waals surface area contributed by atoms with Crippen molar-refractivity contribution in [1.29, 1.82) is 0 Å². The molecule has 1 heterocycles. The van der Waals surface area contributed by atoms with Crippen LogP contribution < -0.4 is 0 Å². The maximum atomic E-state index is 12.8. The summed E-state index contributed by atoms with van der Waals surface area (Å²) in [6, 6.07) is 7.59. The summed E-state index contributed by atoms with van der Waals surface area (Å²) in [4.78, 5) is 2.53. The van der Waals surface area contributed by atoms with E-state index in [1.165, 1.54) is 24.9 Å². The average molecular weight is 221 g/mol. The van der Waals surface area contributed by atoms with Gasteiger partial charge in [0.05, 0.1) is 0 Å². The summed E-state index contributed by atoms with van der Waals surface area (Å²) in [6.07, 6.45) is 2.60. The van der Waals surface area contributed by atoms with Crippen LogP contribution in [0.15, 0.2) is 24.3 Å². The first-order valence-electron chi connectivity index (χ1n) is 6.15. The van der Waals surface area contributed by atoms with Crippen molar-refractivity contribution >= 4 is 0 Å². The highest BCUT2D eigenvalue weighted by Crippen LogP contribution is 2.25. The van der Waals surface area contributed by atoms with Crippen LogP contribution in [-0.4, -0.2) is 17.5 Å². The summed E-state index contributed by atoms with van der Waals surface area (Å²) in [7, 11) is 0. The first kappa shape index (κ1) is 11.6. The van der Waals surface area contributed by atoms with Gasteiger partial charge in [-0.15, -0.1) is 0 Å². The largest absolute Gasteiger partial charge is 0.296 e. The van der Waals surface area contributed by atoms with E-state index in [9.17, 15) is 4.39 Å². The highest BCUT2D eigenvalue weighted by molar-refractivity contribution is 5.16. The maximum Gasteiger partial charge on any atom is 0.123 e. The van der Waals surface area contributed by atoms with Crippen LogP contribution in [0.25, 0.3) is 0 Å². The standard InChI is InChI=1S/C14H20FN/c1-11(2)14-4-3-9-16(14)10-12-5-7-13(15)8-6-12/h5-8,11,14H,3-4,9-10H2,1-2H3. The summed E-state index contributed by atoms with van der Waals surface area (Å²) in [5, 5.41) is 0. The zero-order valence-corrected chi connectivity index (χ0v) is 10.1. The molecular weight excluding hydrogens is 201 g/mol. The third kappa shape index (κ3) is 2.62. The Hall–Kier alpha value is -0.890. The van der Waals surface area contributed by atoms with E-state index >= 15 is 0 Å². The molecule has 1 atom stereocenters. The molecule has 1 aromatic rings. The number of halogens is 1. The molecule has 0 aliphatic carbocycles. The van der Waals surface area contributed by atoms with Gasteiger partial charge in [-0.2, -0.15) is 0 Å². The first-order chi connectivity index (χ1) is 7.66. The van der Waals surface area contributed by atoms with E-state index in [0.717, 1.165) is 6.54 Å². The van der Waals surface area contributed by atoms with Gasteiger partial charge in [0.15, 0.2) is 0 Å². The van der Waals surface area contributed by atoms with Crippen LogP contribution in [-0.2, 0) is 6.54 Å². The minimum Gasteiger partial charge on any atom is -0.296 e. The van der Waals surface area contributed by atoms with Gasteiger partial charge in [0.1, 0.15) is 5.82 Å². The quantitative estimate of drug-likeness (QED) is 0.755. The molecule has 1 aliphatic rings. The van der Waals surface area contributed by atoms with Crippen LogP contribution in [0.2, 0.25) is 0 Å². The van der Waals surface area contributed by atoms with E-state index in [1.54, 1.807) is 12.1 Å². The van der Waals surface area contributed by atoms with E-state index in [4.69, 9.17) is 0 Å². The third-order valence-corrected chi connectivity index (χ3v) is 3.48. The Morgan fingerprint density at radius 3 is 2.62 bits per heavy atom. The van der Waals surface area contributed by atoms with Gasteiger partial charge in [-0.1, -0.05) is 26.0 Å². The molecule has 0 bridgehead atoms. The lowest BCUT2D eigenvalue weighted by atomic mass is 10.0. The fourth-order valence-corrected chi connectivity index (χ4v) is 2.63. The van der Waals surface area contributed by atoms with Crippen LogP contribution in [0.1, 0.15) is 32.3 Å². The lowest BCUT2D eigenvalue weighted by Gasteiger charge is -2.27. The molecule has 1 unspecified atom stereocenters. The van der Waals surface area contributed by atoms with Crippen molar-refractivity contribution in [3.05, 3.63) is 35.6 Å². The van der Waals surface area contributed by atoms with Gasteiger partial charge in [-0.05, 0) is 43.0 Å². The molecule has 0 N–H and O–H groups in total. The maximum absolute atomic E-state index is 12.8. The molecule has 1 aromatic carbocycles. The zero-order valence-electron chi connectivity index (χ0n) is 10.1. The Balaban J connectivity index is 2.01. The van der Waals surface area contributed by atoms with Gasteiger partial charge >= 0.3 is 0 Å². The normalized spacial score (nSPS) is 21.9. The van der Waals surface area contributed by atoms with Crippen molar-refractivity contribution in [2.24, 2.45) is 5.92 Å². The topological polar surface area (TPSA) is 3.24 Å². The minimum atomic E-state index is -0.148. The predicted molar refractivity (Wildman–Crippen MR) is 64.7 cm³/mol. The molecule has 88 valence electrons. The van der Waals surface area contributed by atoms with E-state index in [2.05, 4.69) is 18.7 Å². The second-order valence-electron chi connectivity index (χ2n) is 5.05. The molecule has 1 aliphatic heterocycles. The van der Waals surface area contributed by atoms with E-state index in [-0.39, 0.29) is 5.82 Å². The molecule has 2 rings (SSSR count). The summed E-state index contributed by atoms with van der Waals surface area (Å²) >= 11 is 0. The number of hydrogen-bond acceptors (Lipinski definition) is 1. The Kier molecular flexibility index (Phi) is 3.59. The van der Waals surface area contributed by atoms with Gasteiger partial charge in [-0.3, -0.25) is 4.90 Å². The number of likely N-dealkylation sites (tertiary alicyclic amines) is 1. The van der Waals surface area contributed by atoms with Crippen molar-refractivity contribution in [3.63, 3.8) is 0 Å². The Morgan fingerprint density at radius 2 is 2.00 bits per heavy atom. The van der Waals surface area contributed by atoms with E-state index in [1.807, 2.05) is 12.1 Å². The Morgan fingerprint density at radius 1 is 1.31 bits per heavy atom. The predicted octanol–water partition coefficient (Wildman–Crippen LogP) is 3.45. The van der Waals surface area contributed by atoms with Gasteiger partial charge in [0, 0.05) is 12.6 Å². The first-order valence-corrected chi connectivity index (χ1v) is 6.15. The van der Waals surface area contributed by atoms with E-state index in [0.29, 0.717) is 12.0 Å². The fourth-order valence-electron chi connectivity index (χ4n) is 2.63. The molecule has 0 amide bonds. The fraction of sp³-hybridized carbons (Fsp3) is 0.571. The molecule has 16 heavy (non-hydrogen) atoms. The van der Waals surface area contributed by atoms with Gasteiger partial charge in [-0.25, -0.2) is 4.39 Å². The SMILES string of the molecule is CC(C)C1CCCN1Cc1ccc(F)cc1. The van der Waals surface area contributed by atoms with Crippen molar-refractivity contribution in [2.45, 2.75) is 39.3 Å². The van der Waals surface area contributed by atoms with Crippen LogP contribution in [0.4, 0.5) is 4.39 Å². The number of benzene rings is 1. The van der Waals surface area contributed by atoms with Crippen molar-refractivity contribution in [3.8, 4) is 0 Å². The van der Waals surface area contributed by atoms with Crippen molar-refractivity contribution in [2.75, 3.05) is 6.54 Å². The summed E-state index contributed by atoms with van der Waals surface area (Å²) in [5.74, 6) is 0.563. The molecule has 1 saturated heterocycles. The zero-order chi connectivity index (χ0) is 11.5. The second kappa shape index (κ2) is 4.96. The molecule has 1 nitrogen and oxygen atoms in total. The summed E-state index contributed by atoms with van der Waals surface area (Å²) < 4.78 is 12.8. The summed E-state index contributed by atoms with van der Waals surface area (Å²) in [5.41, 5.74) is 1.22. The highest BCUT2D eigenvalue weighted by atomic mass is 19.1. The lowest BCUT2D eigenvalue weighted by molar-refractivity contribution is 0.199. The smallest absolute Gasteiger partial charge is 0.123 e. The summed E-state index contributed by atoms with van der Waals surface area (Å²) in [6.45, 7) is 6.71. The third-order valence-electron chi connectivity index (χ3n) is 3.48. The highest BCUT2D eigenvalue weighted by Gasteiger charge is 2.26. The number of hydrogen-bond donors (Lipinski definition) is 0. The molecule has 1 fully saturated rings. The molecule has 2 heteroatoms. The molecule has 0 aromatic heterocycles. The number of nitrogens with zero attached hydrogens (tertiary/aromatic N) is 1. The average Bonchev–Trinajstić information content (AvgIpc) is 2.69. The Bertz CT molecular complexity index is 331. The molecular formula is C14H20FN. The van der Waals surface area contributed by atoms with Crippen molar-refractivity contribution < 1.29 is 4.39 Å². The van der Waals surface area contributed by atoms with Crippen LogP contribution in [0.5, 0.6) is 0 Å². The second-order valence-corrected chi connectivity index (χ2v) is 5.05. The van der Waals surface area contributed by atoms with Gasteiger partial charge < -0.3 is 0 Å². The van der Waals surface area contributed by atoms with Crippen LogP contribution in [0, 0.1) is 11.7 Å². The monoisotopic (exact) mass is 221 g/mol.